The summed E-state index contributed by atoms with van der Waals surface area (Å²) in [6.45, 7) is 6.26. The fourth-order valence-corrected chi connectivity index (χ4v) is 4.29. The molecule has 0 radical (unpaired) electrons. The smallest absolute Gasteiger partial charge is 0.192 e. The van der Waals surface area contributed by atoms with Crippen molar-refractivity contribution in [1.29, 1.82) is 0 Å². The minimum absolute atomic E-state index is 0.698. The summed E-state index contributed by atoms with van der Waals surface area (Å²) in [5.41, 5.74) is 3.35. The zero-order valence-corrected chi connectivity index (χ0v) is 15.8. The van der Waals surface area contributed by atoms with Crippen LogP contribution in [-0.4, -0.2) is 48.1 Å². The molecule has 0 bridgehead atoms. The maximum absolute atomic E-state index is 4.58. The number of para-hydroxylation sites is 1. The highest BCUT2D eigenvalue weighted by Gasteiger charge is 2.22. The first-order valence-corrected chi connectivity index (χ1v) is 9.35. The lowest BCUT2D eigenvalue weighted by Gasteiger charge is -2.37. The first kappa shape index (κ1) is 17.2. The summed E-state index contributed by atoms with van der Waals surface area (Å²) < 4.78 is 0. The van der Waals surface area contributed by atoms with E-state index in [1.54, 1.807) is 11.8 Å². The molecule has 0 unspecified atom stereocenters. The van der Waals surface area contributed by atoms with Gasteiger partial charge in [0.2, 0.25) is 0 Å². The van der Waals surface area contributed by atoms with Crippen LogP contribution in [-0.2, 0) is 0 Å². The van der Waals surface area contributed by atoms with Crippen LogP contribution in [0, 0.1) is 13.8 Å². The van der Waals surface area contributed by atoms with Crippen LogP contribution in [0.25, 0.3) is 0 Å². The lowest BCUT2D eigenvalue weighted by Crippen LogP contribution is -2.42. The van der Waals surface area contributed by atoms with E-state index in [0.717, 1.165) is 29.6 Å². The average molecular weight is 343 g/mol. The Balaban J connectivity index is 1.78. The van der Waals surface area contributed by atoms with Crippen LogP contribution in [0.2, 0.25) is 0 Å². The molecule has 1 aromatic heterocycles. The minimum Gasteiger partial charge on any atom is -0.371 e. The molecule has 1 saturated heterocycles. The van der Waals surface area contributed by atoms with Gasteiger partial charge in [-0.3, -0.25) is 0 Å². The number of aryl methyl sites for hydroxylation is 2. The quantitative estimate of drug-likeness (QED) is 0.790. The Hall–Kier alpha value is -1.59. The zero-order chi connectivity index (χ0) is 17.1. The average Bonchev–Trinajstić information content (AvgIpc) is 2.54. The first-order valence-electron chi connectivity index (χ1n) is 8.53. The zero-order valence-electron chi connectivity index (χ0n) is 15.0. The monoisotopic (exact) mass is 342 g/mol. The molecule has 0 atom stereocenters. The largest absolute Gasteiger partial charge is 0.371 e. The van der Waals surface area contributed by atoms with Gasteiger partial charge in [-0.2, -0.15) is 0 Å². The van der Waals surface area contributed by atoms with E-state index in [1.165, 1.54) is 23.4 Å². The molecule has 1 aliphatic heterocycles. The third-order valence-corrected chi connectivity index (χ3v) is 5.49. The number of anilines is 1. The molecule has 3 rings (SSSR count). The van der Waals surface area contributed by atoms with Crippen LogP contribution in [0.5, 0.6) is 0 Å². The van der Waals surface area contributed by atoms with Crippen molar-refractivity contribution in [3.8, 4) is 0 Å². The van der Waals surface area contributed by atoms with Crippen molar-refractivity contribution >= 4 is 17.4 Å². The van der Waals surface area contributed by atoms with Gasteiger partial charge in [0.15, 0.2) is 5.16 Å². The first-order chi connectivity index (χ1) is 11.5. The van der Waals surface area contributed by atoms with Crippen molar-refractivity contribution in [1.82, 2.24) is 14.9 Å². The molecule has 2 heterocycles. The third-order valence-electron chi connectivity index (χ3n) is 4.56. The van der Waals surface area contributed by atoms with Gasteiger partial charge in [0, 0.05) is 35.4 Å². The van der Waals surface area contributed by atoms with Crippen LogP contribution >= 0.6 is 11.8 Å². The molecule has 0 spiro atoms. The predicted molar refractivity (Wildman–Crippen MR) is 101 cm³/mol. The molecular weight excluding hydrogens is 316 g/mol. The summed E-state index contributed by atoms with van der Waals surface area (Å²) >= 11 is 1.67. The molecule has 4 nitrogen and oxygen atoms in total. The number of aromatic nitrogens is 2. The summed E-state index contributed by atoms with van der Waals surface area (Å²) in [5.74, 6) is 0. The van der Waals surface area contributed by atoms with E-state index >= 15 is 0 Å². The van der Waals surface area contributed by atoms with Gasteiger partial charge in [0.05, 0.1) is 5.69 Å². The Morgan fingerprint density at radius 1 is 1.04 bits per heavy atom. The SMILES string of the molecule is Cc1cc(C)nc(Sc2ccccc2N2CCC(N(C)C)CC2)n1. The standard InChI is InChI=1S/C19H26N4S/c1-14-13-15(2)21-19(20-14)24-18-8-6-5-7-17(18)23-11-9-16(10-12-23)22(3)4/h5-8,13,16H,9-12H2,1-4H3. The molecule has 1 aliphatic rings. The molecular formula is C19H26N4S. The highest BCUT2D eigenvalue weighted by molar-refractivity contribution is 7.99. The number of hydrogen-bond donors (Lipinski definition) is 0. The summed E-state index contributed by atoms with van der Waals surface area (Å²) in [4.78, 5) is 15.2. The number of hydrogen-bond acceptors (Lipinski definition) is 5. The van der Waals surface area contributed by atoms with Gasteiger partial charge < -0.3 is 9.80 Å². The lowest BCUT2D eigenvalue weighted by atomic mass is 10.0. The summed E-state index contributed by atoms with van der Waals surface area (Å²) in [5, 5.41) is 0.836. The normalized spacial score (nSPS) is 16.0. The van der Waals surface area contributed by atoms with E-state index in [9.17, 15) is 0 Å². The van der Waals surface area contributed by atoms with E-state index < -0.39 is 0 Å². The van der Waals surface area contributed by atoms with Crippen LogP contribution in [0.15, 0.2) is 40.4 Å². The third kappa shape index (κ3) is 4.08. The minimum atomic E-state index is 0.698. The van der Waals surface area contributed by atoms with Crippen LogP contribution in [0.4, 0.5) is 5.69 Å². The van der Waals surface area contributed by atoms with E-state index in [-0.39, 0.29) is 0 Å². The Morgan fingerprint density at radius 2 is 1.67 bits per heavy atom. The Bertz CT molecular complexity index is 673. The number of piperidine rings is 1. The van der Waals surface area contributed by atoms with Crippen LogP contribution in [0.1, 0.15) is 24.2 Å². The second-order valence-electron chi connectivity index (χ2n) is 6.68. The topological polar surface area (TPSA) is 32.3 Å². The molecule has 1 aromatic carbocycles. The van der Waals surface area contributed by atoms with Gasteiger partial charge in [-0.05, 0) is 70.7 Å². The maximum atomic E-state index is 4.58. The van der Waals surface area contributed by atoms with Gasteiger partial charge in [-0.15, -0.1) is 0 Å². The van der Waals surface area contributed by atoms with Crippen LogP contribution in [0.3, 0.4) is 0 Å². The fraction of sp³-hybridized carbons (Fsp3) is 0.474. The van der Waals surface area contributed by atoms with E-state index in [1.807, 2.05) is 19.9 Å². The Morgan fingerprint density at radius 3 is 2.29 bits per heavy atom. The molecule has 128 valence electrons. The van der Waals surface area contributed by atoms with E-state index in [4.69, 9.17) is 0 Å². The van der Waals surface area contributed by atoms with Crippen molar-refractivity contribution in [2.24, 2.45) is 0 Å². The molecule has 1 fully saturated rings. The van der Waals surface area contributed by atoms with Crippen molar-refractivity contribution in [3.63, 3.8) is 0 Å². The number of rotatable bonds is 4. The lowest BCUT2D eigenvalue weighted by molar-refractivity contribution is 0.249. The van der Waals surface area contributed by atoms with Crippen molar-refractivity contribution in [2.75, 3.05) is 32.1 Å². The molecule has 0 amide bonds. The van der Waals surface area contributed by atoms with E-state index in [2.05, 4.69) is 58.1 Å². The molecule has 0 N–H and O–H groups in total. The molecule has 0 aliphatic carbocycles. The highest BCUT2D eigenvalue weighted by Crippen LogP contribution is 2.35. The Kier molecular flexibility index (Phi) is 5.41. The second-order valence-corrected chi connectivity index (χ2v) is 7.69. The van der Waals surface area contributed by atoms with Gasteiger partial charge in [-0.1, -0.05) is 12.1 Å². The number of benzene rings is 1. The van der Waals surface area contributed by atoms with Crippen molar-refractivity contribution < 1.29 is 0 Å². The second kappa shape index (κ2) is 7.53. The van der Waals surface area contributed by atoms with Crippen molar-refractivity contribution in [3.05, 3.63) is 41.7 Å². The summed E-state index contributed by atoms with van der Waals surface area (Å²) in [6, 6.07) is 11.3. The molecule has 5 heteroatoms. The maximum Gasteiger partial charge on any atom is 0.192 e. The van der Waals surface area contributed by atoms with Gasteiger partial charge >= 0.3 is 0 Å². The molecule has 24 heavy (non-hydrogen) atoms. The molecule has 0 saturated carbocycles. The highest BCUT2D eigenvalue weighted by atomic mass is 32.2. The summed E-state index contributed by atoms with van der Waals surface area (Å²) in [6.07, 6.45) is 2.43. The van der Waals surface area contributed by atoms with Crippen LogP contribution < -0.4 is 4.90 Å². The van der Waals surface area contributed by atoms with Gasteiger partial charge in [-0.25, -0.2) is 9.97 Å². The summed E-state index contributed by atoms with van der Waals surface area (Å²) in [7, 11) is 4.36. The fourth-order valence-electron chi connectivity index (χ4n) is 3.27. The van der Waals surface area contributed by atoms with Gasteiger partial charge in [0.25, 0.3) is 0 Å². The predicted octanol–water partition coefficient (Wildman–Crippen LogP) is 3.78. The van der Waals surface area contributed by atoms with Crippen molar-refractivity contribution in [2.45, 2.75) is 42.8 Å². The molecule has 2 aromatic rings. The van der Waals surface area contributed by atoms with Gasteiger partial charge in [0.1, 0.15) is 0 Å². The Labute approximate surface area is 149 Å². The van der Waals surface area contributed by atoms with E-state index in [0.29, 0.717) is 6.04 Å². The number of nitrogens with zero attached hydrogens (tertiary/aromatic N) is 4.